The van der Waals surface area contributed by atoms with E-state index < -0.39 is 0 Å². The Morgan fingerprint density at radius 1 is 1.22 bits per heavy atom. The number of halogens is 1. The highest BCUT2D eigenvalue weighted by atomic mass is 35.5. The summed E-state index contributed by atoms with van der Waals surface area (Å²) in [4.78, 5) is 25.7. The van der Waals surface area contributed by atoms with Crippen LogP contribution < -0.4 is 10.6 Å². The van der Waals surface area contributed by atoms with E-state index in [1.54, 1.807) is 24.5 Å². The van der Waals surface area contributed by atoms with Crippen LogP contribution in [0.1, 0.15) is 36.7 Å². The monoisotopic (exact) mass is 449 g/mol. The predicted octanol–water partition coefficient (Wildman–Crippen LogP) is 4.56. The topological polar surface area (TPSA) is 97.6 Å². The summed E-state index contributed by atoms with van der Waals surface area (Å²) in [5, 5.41) is 11.3. The van der Waals surface area contributed by atoms with Gasteiger partial charge in [0, 0.05) is 23.5 Å². The van der Waals surface area contributed by atoms with E-state index in [1.807, 2.05) is 49.8 Å². The Hall–Kier alpha value is -3.52. The maximum absolute atomic E-state index is 12.5. The van der Waals surface area contributed by atoms with Gasteiger partial charge in [0.15, 0.2) is 0 Å². The standard InChI is InChI=1S/C23H24ClN7O/c1-4-31-13-20-23(30-31)29-21(12-26-20)27-15(3)19-10-17(6-5-14(19)2)28-22(32)11-18-9-16(24)7-8-25-18/h5-10,12-13,15H,4,11H2,1-3H3,(H,28,32)(H,27,29,30). The van der Waals surface area contributed by atoms with Crippen molar-refractivity contribution in [1.82, 2.24) is 24.7 Å². The number of nitrogens with zero attached hydrogens (tertiary/aromatic N) is 5. The molecule has 0 fully saturated rings. The molecule has 32 heavy (non-hydrogen) atoms. The summed E-state index contributed by atoms with van der Waals surface area (Å²) in [6, 6.07) is 9.16. The second kappa shape index (κ2) is 9.32. The first-order valence-corrected chi connectivity index (χ1v) is 10.8. The fraction of sp³-hybridized carbons (Fsp3) is 0.261. The molecule has 4 aromatic rings. The normalized spacial score (nSPS) is 12.0. The largest absolute Gasteiger partial charge is 0.362 e. The molecule has 1 amide bonds. The number of pyridine rings is 1. The molecule has 1 atom stereocenters. The molecule has 4 rings (SSSR count). The van der Waals surface area contributed by atoms with Crippen LogP contribution in [0, 0.1) is 6.92 Å². The highest BCUT2D eigenvalue weighted by Crippen LogP contribution is 2.25. The van der Waals surface area contributed by atoms with E-state index in [9.17, 15) is 4.79 Å². The van der Waals surface area contributed by atoms with Crippen molar-refractivity contribution in [3.63, 3.8) is 0 Å². The van der Waals surface area contributed by atoms with Crippen LogP contribution in [0.5, 0.6) is 0 Å². The number of nitrogens with one attached hydrogen (secondary N) is 2. The van der Waals surface area contributed by atoms with Gasteiger partial charge in [0.05, 0.1) is 30.6 Å². The maximum atomic E-state index is 12.5. The van der Waals surface area contributed by atoms with Gasteiger partial charge in [-0.1, -0.05) is 17.7 Å². The fourth-order valence-corrected chi connectivity index (χ4v) is 3.66. The molecule has 1 aromatic carbocycles. The van der Waals surface area contributed by atoms with Crippen molar-refractivity contribution < 1.29 is 4.79 Å². The van der Waals surface area contributed by atoms with Gasteiger partial charge in [-0.05, 0) is 56.2 Å². The SMILES string of the molecule is CCn1cc2ncc(NC(C)c3cc(NC(=O)Cc4cc(Cl)ccn4)ccc3C)nc2n1. The van der Waals surface area contributed by atoms with Gasteiger partial charge in [0.25, 0.3) is 0 Å². The summed E-state index contributed by atoms with van der Waals surface area (Å²) in [5.41, 5.74) is 4.86. The first kappa shape index (κ1) is 21.7. The Morgan fingerprint density at radius 2 is 2.06 bits per heavy atom. The first-order chi connectivity index (χ1) is 15.4. The van der Waals surface area contributed by atoms with Gasteiger partial charge < -0.3 is 10.6 Å². The lowest BCUT2D eigenvalue weighted by atomic mass is 10.0. The number of carbonyl (C=O) groups is 1. The molecule has 2 N–H and O–H groups in total. The van der Waals surface area contributed by atoms with Gasteiger partial charge in [-0.3, -0.25) is 14.5 Å². The summed E-state index contributed by atoms with van der Waals surface area (Å²) >= 11 is 5.98. The second-order valence-corrected chi connectivity index (χ2v) is 8.01. The molecule has 9 heteroatoms. The molecule has 3 aromatic heterocycles. The average Bonchev–Trinajstić information content (AvgIpc) is 3.17. The summed E-state index contributed by atoms with van der Waals surface area (Å²) in [7, 11) is 0. The van der Waals surface area contributed by atoms with Gasteiger partial charge in [-0.25, -0.2) is 9.97 Å². The van der Waals surface area contributed by atoms with Gasteiger partial charge in [-0.15, -0.1) is 0 Å². The molecule has 8 nitrogen and oxygen atoms in total. The van der Waals surface area contributed by atoms with E-state index in [4.69, 9.17) is 11.6 Å². The van der Waals surface area contributed by atoms with Crippen LogP contribution in [-0.2, 0) is 17.8 Å². The number of rotatable bonds is 7. The minimum atomic E-state index is -0.155. The van der Waals surface area contributed by atoms with Crippen molar-refractivity contribution in [2.45, 2.75) is 39.8 Å². The van der Waals surface area contributed by atoms with E-state index >= 15 is 0 Å². The van der Waals surface area contributed by atoms with E-state index in [0.717, 1.165) is 28.9 Å². The highest BCUT2D eigenvalue weighted by molar-refractivity contribution is 6.30. The molecule has 0 aliphatic heterocycles. The molecule has 0 saturated heterocycles. The van der Waals surface area contributed by atoms with Gasteiger partial charge in [-0.2, -0.15) is 5.10 Å². The quantitative estimate of drug-likeness (QED) is 0.429. The maximum Gasteiger partial charge on any atom is 0.230 e. The molecule has 0 aliphatic rings. The Kier molecular flexibility index (Phi) is 6.32. The predicted molar refractivity (Wildman–Crippen MR) is 126 cm³/mol. The Bertz CT molecular complexity index is 1270. The van der Waals surface area contributed by atoms with Crippen LogP contribution in [0.15, 0.2) is 48.9 Å². The fourth-order valence-electron chi connectivity index (χ4n) is 3.48. The first-order valence-electron chi connectivity index (χ1n) is 10.4. The molecular weight excluding hydrogens is 426 g/mol. The highest BCUT2D eigenvalue weighted by Gasteiger charge is 2.13. The van der Waals surface area contributed by atoms with E-state index in [2.05, 4.69) is 30.7 Å². The molecule has 0 aliphatic carbocycles. The Morgan fingerprint density at radius 3 is 2.84 bits per heavy atom. The van der Waals surface area contributed by atoms with Crippen LogP contribution in [-0.4, -0.2) is 30.6 Å². The second-order valence-electron chi connectivity index (χ2n) is 7.58. The van der Waals surface area contributed by atoms with Crippen LogP contribution in [0.4, 0.5) is 11.5 Å². The number of benzene rings is 1. The van der Waals surface area contributed by atoms with E-state index in [0.29, 0.717) is 22.2 Å². The lowest BCUT2D eigenvalue weighted by Gasteiger charge is -2.18. The zero-order valence-corrected chi connectivity index (χ0v) is 18.9. The Balaban J connectivity index is 1.47. The van der Waals surface area contributed by atoms with Crippen molar-refractivity contribution in [3.05, 3.63) is 70.8 Å². The molecule has 0 spiro atoms. The third-order valence-electron chi connectivity index (χ3n) is 5.11. The number of hydrogen-bond donors (Lipinski definition) is 2. The van der Waals surface area contributed by atoms with Crippen molar-refractivity contribution >= 4 is 40.2 Å². The third kappa shape index (κ3) is 5.03. The summed E-state index contributed by atoms with van der Waals surface area (Å²) in [6.07, 6.45) is 5.33. The van der Waals surface area contributed by atoms with Crippen molar-refractivity contribution in [3.8, 4) is 0 Å². The number of fused-ring (bicyclic) bond motifs is 1. The molecule has 0 saturated carbocycles. The van der Waals surface area contributed by atoms with Crippen LogP contribution in [0.2, 0.25) is 5.02 Å². The molecular formula is C23H24ClN7O. The summed E-state index contributed by atoms with van der Waals surface area (Å²) in [6.45, 7) is 6.86. The lowest BCUT2D eigenvalue weighted by Crippen LogP contribution is -2.16. The van der Waals surface area contributed by atoms with Crippen molar-refractivity contribution in [2.75, 3.05) is 10.6 Å². The average molecular weight is 450 g/mol. The zero-order chi connectivity index (χ0) is 22.7. The number of anilines is 2. The number of aryl methyl sites for hydroxylation is 2. The molecule has 1 unspecified atom stereocenters. The van der Waals surface area contributed by atoms with E-state index in [-0.39, 0.29) is 18.4 Å². The van der Waals surface area contributed by atoms with Crippen LogP contribution in [0.3, 0.4) is 0 Å². The van der Waals surface area contributed by atoms with Crippen LogP contribution in [0.25, 0.3) is 11.2 Å². The molecule has 3 heterocycles. The number of hydrogen-bond acceptors (Lipinski definition) is 6. The Labute approximate surface area is 191 Å². The van der Waals surface area contributed by atoms with Crippen LogP contribution >= 0.6 is 11.6 Å². The lowest BCUT2D eigenvalue weighted by molar-refractivity contribution is -0.115. The number of amides is 1. The number of carbonyl (C=O) groups excluding carboxylic acids is 1. The van der Waals surface area contributed by atoms with Crippen molar-refractivity contribution in [1.29, 1.82) is 0 Å². The van der Waals surface area contributed by atoms with E-state index in [1.165, 1.54) is 0 Å². The third-order valence-corrected chi connectivity index (χ3v) is 5.35. The van der Waals surface area contributed by atoms with Gasteiger partial charge >= 0.3 is 0 Å². The molecule has 0 bridgehead atoms. The summed E-state index contributed by atoms with van der Waals surface area (Å²) < 4.78 is 1.81. The minimum Gasteiger partial charge on any atom is -0.362 e. The van der Waals surface area contributed by atoms with Gasteiger partial charge in [0.1, 0.15) is 11.3 Å². The zero-order valence-electron chi connectivity index (χ0n) is 18.1. The van der Waals surface area contributed by atoms with Gasteiger partial charge in [0.2, 0.25) is 11.6 Å². The summed E-state index contributed by atoms with van der Waals surface area (Å²) in [5.74, 6) is 0.491. The van der Waals surface area contributed by atoms with Crippen molar-refractivity contribution in [2.24, 2.45) is 0 Å². The molecule has 164 valence electrons. The minimum absolute atomic E-state index is 0.0542. The molecule has 0 radical (unpaired) electrons. The number of aromatic nitrogens is 5. The smallest absolute Gasteiger partial charge is 0.230 e.